The van der Waals surface area contributed by atoms with E-state index in [1.165, 1.54) is 66.7 Å². The maximum Gasteiger partial charge on any atom is 0.0500 e. The Morgan fingerprint density at radius 1 is 0.743 bits per heavy atom. The lowest BCUT2D eigenvalue weighted by atomic mass is 9.95. The maximum absolute atomic E-state index is 6.01. The molecule has 2 bridgehead atoms. The minimum absolute atomic E-state index is 0.789. The third-order valence-corrected chi connectivity index (χ3v) is 7.72. The minimum atomic E-state index is 0.789. The molecule has 0 N–H and O–H groups in total. The summed E-state index contributed by atoms with van der Waals surface area (Å²) in [5.74, 6) is 2.45. The number of para-hydroxylation sites is 1. The van der Waals surface area contributed by atoms with Gasteiger partial charge in [0.2, 0.25) is 0 Å². The molecule has 0 saturated heterocycles. The van der Waals surface area contributed by atoms with E-state index in [-0.39, 0.29) is 0 Å². The van der Waals surface area contributed by atoms with E-state index >= 15 is 0 Å². The highest BCUT2D eigenvalue weighted by Crippen LogP contribution is 2.43. The Labute approximate surface area is 211 Å². The molecule has 3 atom stereocenters. The van der Waals surface area contributed by atoms with Crippen LogP contribution < -0.4 is 4.90 Å². The van der Waals surface area contributed by atoms with Gasteiger partial charge >= 0.3 is 0 Å². The van der Waals surface area contributed by atoms with Crippen molar-refractivity contribution >= 4 is 17.1 Å². The zero-order chi connectivity index (χ0) is 23.9. The highest BCUT2D eigenvalue weighted by Gasteiger charge is 2.35. The molecular formula is C33H39NO. The van der Waals surface area contributed by atoms with Crippen LogP contribution in [-0.2, 0) is 11.2 Å². The Bertz CT molecular complexity index is 1090. The van der Waals surface area contributed by atoms with Crippen LogP contribution in [0.15, 0.2) is 91.0 Å². The van der Waals surface area contributed by atoms with Gasteiger partial charge in [-0.3, -0.25) is 0 Å². The molecule has 2 nitrogen and oxygen atoms in total. The predicted molar refractivity (Wildman–Crippen MR) is 148 cm³/mol. The minimum Gasteiger partial charge on any atom is -0.381 e. The number of unbranched alkanes of at least 4 members (excludes halogenated alkanes) is 3. The number of nitrogens with zero attached hydrogens (tertiary/aromatic N) is 1. The first-order valence-corrected chi connectivity index (χ1v) is 13.5. The molecule has 2 aliphatic rings. The van der Waals surface area contributed by atoms with Crippen LogP contribution in [0.1, 0.15) is 49.7 Å². The Morgan fingerprint density at radius 3 is 2.26 bits per heavy atom. The lowest BCUT2D eigenvalue weighted by Crippen LogP contribution is -2.14. The van der Waals surface area contributed by atoms with Gasteiger partial charge in [-0.2, -0.15) is 0 Å². The fourth-order valence-electron chi connectivity index (χ4n) is 5.81. The van der Waals surface area contributed by atoms with Crippen molar-refractivity contribution in [2.75, 3.05) is 18.1 Å². The van der Waals surface area contributed by atoms with E-state index in [1.807, 2.05) is 0 Å². The van der Waals surface area contributed by atoms with Crippen LogP contribution in [0.25, 0.3) is 0 Å². The number of allylic oxidation sites excluding steroid dienone is 2. The summed E-state index contributed by atoms with van der Waals surface area (Å²) in [7, 11) is 0. The van der Waals surface area contributed by atoms with Crippen LogP contribution in [0.5, 0.6) is 0 Å². The van der Waals surface area contributed by atoms with Gasteiger partial charge in [0.05, 0.1) is 0 Å². The fourth-order valence-corrected chi connectivity index (χ4v) is 5.81. The van der Waals surface area contributed by atoms with Crippen molar-refractivity contribution in [2.45, 2.75) is 51.9 Å². The zero-order valence-corrected chi connectivity index (χ0v) is 21.1. The van der Waals surface area contributed by atoms with Crippen molar-refractivity contribution in [3.05, 3.63) is 102 Å². The normalized spacial score (nSPS) is 20.4. The maximum atomic E-state index is 6.01. The molecule has 182 valence electrons. The predicted octanol–water partition coefficient (Wildman–Crippen LogP) is 8.80. The van der Waals surface area contributed by atoms with Crippen LogP contribution in [0.2, 0.25) is 0 Å². The molecule has 0 amide bonds. The first-order chi connectivity index (χ1) is 17.3. The van der Waals surface area contributed by atoms with E-state index in [2.05, 4.69) is 103 Å². The van der Waals surface area contributed by atoms with Gasteiger partial charge in [0.25, 0.3) is 0 Å². The van der Waals surface area contributed by atoms with Crippen molar-refractivity contribution in [3.8, 4) is 0 Å². The second kappa shape index (κ2) is 11.7. The Morgan fingerprint density at radius 2 is 1.51 bits per heavy atom. The van der Waals surface area contributed by atoms with Gasteiger partial charge in [0, 0.05) is 30.3 Å². The molecule has 35 heavy (non-hydrogen) atoms. The summed E-state index contributed by atoms with van der Waals surface area (Å²) >= 11 is 0. The van der Waals surface area contributed by atoms with E-state index in [9.17, 15) is 0 Å². The lowest BCUT2D eigenvalue weighted by Gasteiger charge is -2.26. The molecule has 3 unspecified atom stereocenters. The quantitative estimate of drug-likeness (QED) is 0.196. The fraction of sp³-hybridized carbons (Fsp3) is 0.394. The summed E-state index contributed by atoms with van der Waals surface area (Å²) in [6.07, 6.45) is 13.7. The lowest BCUT2D eigenvalue weighted by molar-refractivity contribution is 0.0877. The monoisotopic (exact) mass is 465 g/mol. The van der Waals surface area contributed by atoms with Gasteiger partial charge in [-0.25, -0.2) is 0 Å². The van der Waals surface area contributed by atoms with Crippen LogP contribution in [0, 0.1) is 24.7 Å². The number of hydrogen-bond donors (Lipinski definition) is 0. The Balaban J connectivity index is 1.07. The van der Waals surface area contributed by atoms with Gasteiger partial charge in [-0.1, -0.05) is 67.5 Å². The zero-order valence-electron chi connectivity index (χ0n) is 21.1. The van der Waals surface area contributed by atoms with E-state index in [0.717, 1.165) is 37.4 Å². The largest absolute Gasteiger partial charge is 0.381 e. The standard InChI is InChI=1S/C33H39NO/c1-26-10-9-14-33(22-26)34(31-12-6-4-7-13-31)32-19-16-27(17-20-32)11-5-2-3-8-21-35-25-30-24-28-15-18-29(30)23-28/h4,6-7,9-10,12-20,22,28-30H,2-3,5,8,11,21,23-25H2,1H3. The molecule has 0 aliphatic heterocycles. The van der Waals surface area contributed by atoms with Gasteiger partial charge in [0.15, 0.2) is 0 Å². The van der Waals surface area contributed by atoms with Gasteiger partial charge < -0.3 is 9.64 Å². The van der Waals surface area contributed by atoms with Crippen molar-refractivity contribution in [1.29, 1.82) is 0 Å². The highest BCUT2D eigenvalue weighted by molar-refractivity contribution is 5.76. The van der Waals surface area contributed by atoms with Crippen molar-refractivity contribution in [3.63, 3.8) is 0 Å². The number of hydrogen-bond acceptors (Lipinski definition) is 2. The molecule has 0 radical (unpaired) electrons. The first-order valence-electron chi connectivity index (χ1n) is 13.5. The first kappa shape index (κ1) is 23.9. The molecule has 2 aliphatic carbocycles. The summed E-state index contributed by atoms with van der Waals surface area (Å²) in [5, 5.41) is 0. The molecule has 3 aromatic rings. The second-order valence-electron chi connectivity index (χ2n) is 10.5. The highest BCUT2D eigenvalue weighted by atomic mass is 16.5. The van der Waals surface area contributed by atoms with Gasteiger partial charge in [-0.05, 0) is 104 Å². The molecule has 3 aromatic carbocycles. The number of ether oxygens (including phenoxy) is 1. The van der Waals surface area contributed by atoms with E-state index in [4.69, 9.17) is 4.74 Å². The number of anilines is 3. The molecule has 0 aromatic heterocycles. The summed E-state index contributed by atoms with van der Waals surface area (Å²) in [4.78, 5) is 2.34. The van der Waals surface area contributed by atoms with Gasteiger partial charge in [0.1, 0.15) is 0 Å². The van der Waals surface area contributed by atoms with Crippen LogP contribution in [0.3, 0.4) is 0 Å². The topological polar surface area (TPSA) is 12.5 Å². The second-order valence-corrected chi connectivity index (χ2v) is 10.5. The smallest absolute Gasteiger partial charge is 0.0500 e. The van der Waals surface area contributed by atoms with Crippen LogP contribution >= 0.6 is 0 Å². The van der Waals surface area contributed by atoms with E-state index in [0.29, 0.717) is 0 Å². The number of benzene rings is 3. The molecule has 0 heterocycles. The van der Waals surface area contributed by atoms with Crippen molar-refractivity contribution in [2.24, 2.45) is 17.8 Å². The van der Waals surface area contributed by atoms with E-state index < -0.39 is 0 Å². The van der Waals surface area contributed by atoms with Gasteiger partial charge in [-0.15, -0.1) is 0 Å². The number of aryl methyl sites for hydroxylation is 2. The Kier molecular flexibility index (Phi) is 8.00. The average Bonchev–Trinajstić information content (AvgIpc) is 3.51. The molecule has 5 rings (SSSR count). The Hall–Kier alpha value is -2.84. The summed E-state index contributed by atoms with van der Waals surface area (Å²) in [5.41, 5.74) is 6.28. The van der Waals surface area contributed by atoms with Crippen LogP contribution in [-0.4, -0.2) is 13.2 Å². The average molecular weight is 466 g/mol. The number of rotatable bonds is 12. The molecule has 0 spiro atoms. The SMILES string of the molecule is Cc1cccc(N(c2ccccc2)c2ccc(CCCCCCOCC3CC4C=CC3C4)cc2)c1. The van der Waals surface area contributed by atoms with E-state index in [1.54, 1.807) is 0 Å². The van der Waals surface area contributed by atoms with Crippen molar-refractivity contribution < 1.29 is 4.74 Å². The molecule has 2 heteroatoms. The summed E-state index contributed by atoms with van der Waals surface area (Å²) in [6, 6.07) is 28.5. The third-order valence-electron chi connectivity index (χ3n) is 7.72. The summed E-state index contributed by atoms with van der Waals surface area (Å²) < 4.78 is 6.01. The van der Waals surface area contributed by atoms with Crippen LogP contribution in [0.4, 0.5) is 17.1 Å². The molecule has 1 fully saturated rings. The summed E-state index contributed by atoms with van der Waals surface area (Å²) in [6.45, 7) is 4.05. The molecular weight excluding hydrogens is 426 g/mol. The molecule has 1 saturated carbocycles. The van der Waals surface area contributed by atoms with Crippen molar-refractivity contribution in [1.82, 2.24) is 0 Å². The third kappa shape index (κ3) is 6.24. The number of fused-ring (bicyclic) bond motifs is 2.